The number of hydrogen-bond donors (Lipinski definition) is 1. The maximum Gasteiger partial charge on any atom is 0.495 e. The fourth-order valence-corrected chi connectivity index (χ4v) is 3.92. The van der Waals surface area contributed by atoms with Gasteiger partial charge < -0.3 is 19.9 Å². The van der Waals surface area contributed by atoms with Crippen molar-refractivity contribution in [3.8, 4) is 0 Å². The smallest absolute Gasteiger partial charge is 0.399 e. The van der Waals surface area contributed by atoms with E-state index in [1.165, 1.54) is 6.07 Å². The molecule has 2 atom stereocenters. The number of rotatable bonds is 2. The number of nitrogens with zero attached hydrogens (tertiary/aromatic N) is 1. The molecule has 2 amide bonds. The van der Waals surface area contributed by atoms with Crippen LogP contribution in [-0.4, -0.2) is 42.0 Å². The van der Waals surface area contributed by atoms with Crippen molar-refractivity contribution >= 4 is 18.6 Å². The topological polar surface area (TPSA) is 64.8 Å². The van der Waals surface area contributed by atoms with Gasteiger partial charge in [-0.2, -0.15) is 13.2 Å². The summed E-state index contributed by atoms with van der Waals surface area (Å²) in [5.74, 6) is -2.73. The van der Waals surface area contributed by atoms with E-state index in [0.29, 0.717) is 11.0 Å². The van der Waals surface area contributed by atoms with Gasteiger partial charge >= 0.3 is 19.3 Å². The Morgan fingerprint density at radius 2 is 1.76 bits per heavy atom. The van der Waals surface area contributed by atoms with E-state index in [0.717, 1.165) is 11.0 Å². The molecule has 0 aliphatic carbocycles. The lowest BCUT2D eigenvalue weighted by Gasteiger charge is -2.32. The number of aryl methyl sites for hydroxylation is 1. The number of nitrogens with two attached hydrogens (primary N) is 1. The first-order valence-electron chi connectivity index (χ1n) is 9.44. The molecule has 29 heavy (non-hydrogen) atoms. The fourth-order valence-electron chi connectivity index (χ4n) is 3.92. The zero-order valence-corrected chi connectivity index (χ0v) is 17.1. The van der Waals surface area contributed by atoms with E-state index in [4.69, 9.17) is 15.0 Å². The summed E-state index contributed by atoms with van der Waals surface area (Å²) in [5, 5.41) is 0. The number of carbonyl (C=O) groups excluding carboxylic acids is 1. The minimum Gasteiger partial charge on any atom is -0.399 e. The molecule has 2 saturated heterocycles. The van der Waals surface area contributed by atoms with E-state index in [9.17, 15) is 22.4 Å². The standard InChI is InChI=1S/C19H25BF4N2O3/c1-10-8-14(21)11(9-13(10)20-28-17(2,3)18(4,5)29-20)15-12(19(22,23)24)6-7-26(15)16(25)27/h8-9,12,15H,6-7H2,1-5H3,(H2,25,27). The molecular weight excluding hydrogens is 391 g/mol. The van der Waals surface area contributed by atoms with Gasteiger partial charge in [-0.3, -0.25) is 0 Å². The second-order valence-corrected chi connectivity index (χ2v) is 8.73. The minimum absolute atomic E-state index is 0.191. The monoisotopic (exact) mass is 416 g/mol. The van der Waals surface area contributed by atoms with E-state index in [1.54, 1.807) is 6.92 Å². The van der Waals surface area contributed by atoms with Gasteiger partial charge in [0, 0.05) is 12.1 Å². The van der Waals surface area contributed by atoms with Gasteiger partial charge in [0.05, 0.1) is 23.2 Å². The molecule has 0 saturated carbocycles. The summed E-state index contributed by atoms with van der Waals surface area (Å²) < 4.78 is 67.6. The normalized spacial score (nSPS) is 26.2. The number of urea groups is 1. The van der Waals surface area contributed by atoms with Crippen LogP contribution in [0.4, 0.5) is 22.4 Å². The van der Waals surface area contributed by atoms with Gasteiger partial charge in [-0.15, -0.1) is 0 Å². The van der Waals surface area contributed by atoms with E-state index >= 15 is 0 Å². The first-order chi connectivity index (χ1) is 13.2. The molecule has 1 aromatic carbocycles. The molecule has 2 unspecified atom stereocenters. The molecule has 0 spiro atoms. The van der Waals surface area contributed by atoms with E-state index < -0.39 is 48.3 Å². The summed E-state index contributed by atoms with van der Waals surface area (Å²) in [6.45, 7) is 8.82. The molecule has 2 aliphatic heterocycles. The van der Waals surface area contributed by atoms with Crippen LogP contribution < -0.4 is 11.2 Å². The minimum atomic E-state index is -4.60. The van der Waals surface area contributed by atoms with Crippen LogP contribution >= 0.6 is 0 Å². The van der Waals surface area contributed by atoms with Crippen LogP contribution in [0.25, 0.3) is 0 Å². The predicted molar refractivity (Wildman–Crippen MR) is 100 cm³/mol. The molecule has 160 valence electrons. The molecule has 5 nitrogen and oxygen atoms in total. The highest BCUT2D eigenvalue weighted by molar-refractivity contribution is 6.62. The quantitative estimate of drug-likeness (QED) is 0.594. The van der Waals surface area contributed by atoms with Crippen molar-refractivity contribution in [2.45, 2.75) is 64.5 Å². The maximum absolute atomic E-state index is 14.8. The lowest BCUT2D eigenvalue weighted by atomic mass is 9.74. The third-order valence-electron chi connectivity index (χ3n) is 6.31. The fraction of sp³-hybridized carbons (Fsp3) is 0.632. The zero-order valence-electron chi connectivity index (χ0n) is 17.1. The van der Waals surface area contributed by atoms with Crippen LogP contribution in [0.5, 0.6) is 0 Å². The average Bonchev–Trinajstić information content (AvgIpc) is 3.06. The van der Waals surface area contributed by atoms with Gasteiger partial charge in [-0.05, 0) is 58.1 Å². The Balaban J connectivity index is 2.08. The van der Waals surface area contributed by atoms with Crippen molar-refractivity contribution in [1.82, 2.24) is 4.90 Å². The van der Waals surface area contributed by atoms with Crippen molar-refractivity contribution < 1.29 is 31.7 Å². The number of carbonyl (C=O) groups is 1. The van der Waals surface area contributed by atoms with E-state index in [1.807, 2.05) is 27.7 Å². The van der Waals surface area contributed by atoms with Gasteiger partial charge in [-0.25, -0.2) is 9.18 Å². The number of hydrogen-bond acceptors (Lipinski definition) is 3. The van der Waals surface area contributed by atoms with Crippen molar-refractivity contribution in [3.63, 3.8) is 0 Å². The lowest BCUT2D eigenvalue weighted by molar-refractivity contribution is -0.179. The number of amides is 2. The Bertz CT molecular complexity index is 812. The molecule has 2 aliphatic rings. The number of likely N-dealkylation sites (tertiary alicyclic amines) is 1. The maximum atomic E-state index is 14.8. The molecule has 0 aromatic heterocycles. The summed E-state index contributed by atoms with van der Waals surface area (Å²) in [7, 11) is -0.868. The third kappa shape index (κ3) is 3.72. The number of halogens is 4. The first-order valence-corrected chi connectivity index (χ1v) is 9.44. The highest BCUT2D eigenvalue weighted by Gasteiger charge is 2.54. The van der Waals surface area contributed by atoms with Crippen LogP contribution in [0, 0.1) is 18.7 Å². The van der Waals surface area contributed by atoms with Crippen LogP contribution in [0.15, 0.2) is 12.1 Å². The summed E-state index contributed by atoms with van der Waals surface area (Å²) in [5.41, 5.74) is 4.63. The summed E-state index contributed by atoms with van der Waals surface area (Å²) in [6.07, 6.45) is -4.94. The Kier molecular flexibility index (Phi) is 5.19. The Morgan fingerprint density at radius 1 is 1.21 bits per heavy atom. The first kappa shape index (κ1) is 21.9. The molecule has 3 rings (SSSR count). The summed E-state index contributed by atoms with van der Waals surface area (Å²) >= 11 is 0. The Hall–Kier alpha value is -1.81. The summed E-state index contributed by atoms with van der Waals surface area (Å²) in [6, 6.07) is -0.0776. The van der Waals surface area contributed by atoms with Gasteiger partial charge in [0.1, 0.15) is 5.82 Å². The van der Waals surface area contributed by atoms with Crippen molar-refractivity contribution in [2.24, 2.45) is 11.7 Å². The number of primary amides is 1. The molecule has 1 aromatic rings. The molecule has 2 N–H and O–H groups in total. The molecule has 10 heteroatoms. The Labute approximate surface area is 167 Å². The van der Waals surface area contributed by atoms with Gasteiger partial charge in [0.2, 0.25) is 0 Å². The van der Waals surface area contributed by atoms with Gasteiger partial charge in [0.15, 0.2) is 0 Å². The molecule has 2 fully saturated rings. The molecule has 2 heterocycles. The lowest BCUT2D eigenvalue weighted by Crippen LogP contribution is -2.41. The van der Waals surface area contributed by atoms with Crippen LogP contribution in [0.1, 0.15) is 51.3 Å². The van der Waals surface area contributed by atoms with Crippen molar-refractivity contribution in [1.29, 1.82) is 0 Å². The van der Waals surface area contributed by atoms with Crippen LogP contribution in [0.3, 0.4) is 0 Å². The average molecular weight is 416 g/mol. The van der Waals surface area contributed by atoms with E-state index in [2.05, 4.69) is 0 Å². The Morgan fingerprint density at radius 3 is 2.24 bits per heavy atom. The SMILES string of the molecule is Cc1cc(F)c(C2C(C(F)(F)F)CCN2C(N)=O)cc1B1OC(C)(C)C(C)(C)O1. The zero-order chi connectivity index (χ0) is 21.9. The summed E-state index contributed by atoms with van der Waals surface area (Å²) in [4.78, 5) is 12.6. The highest BCUT2D eigenvalue weighted by Crippen LogP contribution is 2.47. The van der Waals surface area contributed by atoms with Crippen LogP contribution in [0.2, 0.25) is 0 Å². The number of benzene rings is 1. The van der Waals surface area contributed by atoms with Crippen molar-refractivity contribution in [3.05, 3.63) is 29.1 Å². The largest absolute Gasteiger partial charge is 0.495 e. The molecule has 0 radical (unpaired) electrons. The van der Waals surface area contributed by atoms with Gasteiger partial charge in [0.25, 0.3) is 0 Å². The highest BCUT2D eigenvalue weighted by atomic mass is 19.4. The van der Waals surface area contributed by atoms with E-state index in [-0.39, 0.29) is 18.5 Å². The van der Waals surface area contributed by atoms with Crippen LogP contribution in [-0.2, 0) is 9.31 Å². The second kappa shape index (κ2) is 6.87. The second-order valence-electron chi connectivity index (χ2n) is 8.73. The predicted octanol–water partition coefficient (Wildman–Crippen LogP) is 3.44. The number of alkyl halides is 3. The molecular formula is C19H25BF4N2O3. The van der Waals surface area contributed by atoms with Crippen molar-refractivity contribution in [2.75, 3.05) is 6.54 Å². The third-order valence-corrected chi connectivity index (χ3v) is 6.31. The van der Waals surface area contributed by atoms with Gasteiger partial charge in [-0.1, -0.05) is 6.07 Å². The molecule has 0 bridgehead atoms.